The Morgan fingerprint density at radius 1 is 1.33 bits per heavy atom. The van der Waals surface area contributed by atoms with Gasteiger partial charge in [0.05, 0.1) is 0 Å². The van der Waals surface area contributed by atoms with Crippen molar-refractivity contribution in [3.05, 3.63) is 0 Å². The van der Waals surface area contributed by atoms with Crippen LogP contribution < -0.4 is 0 Å². The number of fused-ring (bicyclic) bond motifs is 2. The van der Waals surface area contributed by atoms with Crippen LogP contribution in [-0.4, -0.2) is 5.33 Å². The minimum atomic E-state index is 0.603. The van der Waals surface area contributed by atoms with Crippen molar-refractivity contribution in [3.63, 3.8) is 0 Å². The molecule has 0 nitrogen and oxygen atoms in total. The standard InChI is InChI=1S/C11H19Br/c1-10(2)8-4-5-11(10,3)9(6-8)7-12/h8-9H,4-7H2,1-3H3/t8-,9-,11+/m1/s1. The van der Waals surface area contributed by atoms with Gasteiger partial charge in [-0.15, -0.1) is 0 Å². The van der Waals surface area contributed by atoms with Gasteiger partial charge in [0.15, 0.2) is 0 Å². The van der Waals surface area contributed by atoms with Crippen LogP contribution in [0.4, 0.5) is 0 Å². The van der Waals surface area contributed by atoms with Gasteiger partial charge in [0, 0.05) is 5.33 Å². The maximum atomic E-state index is 3.66. The van der Waals surface area contributed by atoms with E-state index in [0.29, 0.717) is 10.8 Å². The van der Waals surface area contributed by atoms with Crippen LogP contribution >= 0.6 is 15.9 Å². The largest absolute Gasteiger partial charge is 0.0925 e. The van der Waals surface area contributed by atoms with Crippen LogP contribution in [0.3, 0.4) is 0 Å². The second kappa shape index (κ2) is 2.50. The number of rotatable bonds is 1. The monoisotopic (exact) mass is 230 g/mol. The minimum Gasteiger partial charge on any atom is -0.0925 e. The fourth-order valence-corrected chi connectivity index (χ4v) is 4.58. The highest BCUT2D eigenvalue weighted by Crippen LogP contribution is 2.68. The number of alkyl halides is 1. The molecule has 0 aromatic carbocycles. The van der Waals surface area contributed by atoms with E-state index in [4.69, 9.17) is 0 Å². The predicted molar refractivity (Wildman–Crippen MR) is 56.5 cm³/mol. The van der Waals surface area contributed by atoms with Gasteiger partial charge in [-0.25, -0.2) is 0 Å². The summed E-state index contributed by atoms with van der Waals surface area (Å²) in [7, 11) is 0. The van der Waals surface area contributed by atoms with Gasteiger partial charge >= 0.3 is 0 Å². The molecule has 2 bridgehead atoms. The van der Waals surface area contributed by atoms with Gasteiger partial charge in [-0.3, -0.25) is 0 Å². The van der Waals surface area contributed by atoms with Crippen LogP contribution in [0.2, 0.25) is 0 Å². The number of hydrogen-bond donors (Lipinski definition) is 0. The molecule has 2 aliphatic carbocycles. The third-order valence-electron chi connectivity index (χ3n) is 5.16. The molecule has 0 spiro atoms. The van der Waals surface area contributed by atoms with E-state index in [1.807, 2.05) is 0 Å². The van der Waals surface area contributed by atoms with Crippen molar-refractivity contribution in [1.82, 2.24) is 0 Å². The zero-order valence-corrected chi connectivity index (χ0v) is 9.95. The van der Waals surface area contributed by atoms with Crippen molar-refractivity contribution in [2.24, 2.45) is 22.7 Å². The van der Waals surface area contributed by atoms with Gasteiger partial charge < -0.3 is 0 Å². The molecule has 0 aromatic heterocycles. The summed E-state index contributed by atoms with van der Waals surface area (Å²) in [6.07, 6.45) is 4.41. The predicted octanol–water partition coefficient (Wildman–Crippen LogP) is 3.84. The van der Waals surface area contributed by atoms with E-state index in [0.717, 1.165) is 11.8 Å². The Hall–Kier alpha value is 0.480. The van der Waals surface area contributed by atoms with Crippen molar-refractivity contribution in [2.45, 2.75) is 40.0 Å². The fraction of sp³-hybridized carbons (Fsp3) is 1.00. The minimum absolute atomic E-state index is 0.603. The van der Waals surface area contributed by atoms with Crippen LogP contribution in [-0.2, 0) is 0 Å². The summed E-state index contributed by atoms with van der Waals surface area (Å²) in [4.78, 5) is 0. The van der Waals surface area contributed by atoms with Crippen LogP contribution in [0.5, 0.6) is 0 Å². The molecule has 12 heavy (non-hydrogen) atoms. The molecule has 0 unspecified atom stereocenters. The van der Waals surface area contributed by atoms with Crippen molar-refractivity contribution < 1.29 is 0 Å². The molecule has 2 aliphatic rings. The quantitative estimate of drug-likeness (QED) is 0.601. The Labute approximate surface area is 84.2 Å². The molecule has 0 saturated heterocycles. The smallest absolute Gasteiger partial charge is 0.00651 e. The van der Waals surface area contributed by atoms with E-state index in [2.05, 4.69) is 36.7 Å². The second-order valence-corrected chi connectivity index (χ2v) is 6.11. The lowest BCUT2D eigenvalue weighted by molar-refractivity contribution is 0.114. The lowest BCUT2D eigenvalue weighted by atomic mass is 9.67. The maximum absolute atomic E-state index is 3.66. The summed E-state index contributed by atoms with van der Waals surface area (Å²) in [5, 5.41) is 1.21. The average Bonchev–Trinajstić information content (AvgIpc) is 2.34. The van der Waals surface area contributed by atoms with Gasteiger partial charge in [0.1, 0.15) is 0 Å². The van der Waals surface area contributed by atoms with E-state index in [1.54, 1.807) is 0 Å². The van der Waals surface area contributed by atoms with E-state index in [-0.39, 0.29) is 0 Å². The van der Waals surface area contributed by atoms with Crippen LogP contribution in [0, 0.1) is 22.7 Å². The van der Waals surface area contributed by atoms with Crippen LogP contribution in [0.15, 0.2) is 0 Å². The molecule has 2 fully saturated rings. The highest BCUT2D eigenvalue weighted by atomic mass is 79.9. The van der Waals surface area contributed by atoms with Gasteiger partial charge in [-0.2, -0.15) is 0 Å². The van der Waals surface area contributed by atoms with Gasteiger partial charge in [0.2, 0.25) is 0 Å². The molecule has 3 atom stereocenters. The normalized spacial score (nSPS) is 50.0. The lowest BCUT2D eigenvalue weighted by Gasteiger charge is -2.38. The Morgan fingerprint density at radius 2 is 2.00 bits per heavy atom. The molecule has 2 rings (SSSR count). The summed E-state index contributed by atoms with van der Waals surface area (Å²) in [6, 6.07) is 0. The first kappa shape index (κ1) is 9.05. The Kier molecular flexibility index (Phi) is 1.88. The highest BCUT2D eigenvalue weighted by molar-refractivity contribution is 9.09. The van der Waals surface area contributed by atoms with Gasteiger partial charge in [-0.05, 0) is 41.9 Å². The van der Waals surface area contributed by atoms with Crippen molar-refractivity contribution in [2.75, 3.05) is 5.33 Å². The highest BCUT2D eigenvalue weighted by Gasteiger charge is 2.60. The summed E-state index contributed by atoms with van der Waals surface area (Å²) in [6.45, 7) is 7.46. The third kappa shape index (κ3) is 0.840. The fourth-order valence-electron chi connectivity index (χ4n) is 3.60. The summed E-state index contributed by atoms with van der Waals surface area (Å²) in [5.41, 5.74) is 1.23. The van der Waals surface area contributed by atoms with Crippen molar-refractivity contribution in [1.29, 1.82) is 0 Å². The van der Waals surface area contributed by atoms with Crippen LogP contribution in [0.25, 0.3) is 0 Å². The first-order valence-electron chi connectivity index (χ1n) is 5.08. The van der Waals surface area contributed by atoms with E-state index in [9.17, 15) is 0 Å². The molecule has 2 saturated carbocycles. The van der Waals surface area contributed by atoms with Gasteiger partial charge in [-0.1, -0.05) is 36.7 Å². The SMILES string of the molecule is CC1(C)[C@@H]2CC[C@@]1(C)[C@@H](CBr)C2. The summed E-state index contributed by atoms with van der Waals surface area (Å²) in [5.74, 6) is 1.94. The molecule has 0 aromatic rings. The Bertz CT molecular complexity index is 197. The van der Waals surface area contributed by atoms with E-state index < -0.39 is 0 Å². The van der Waals surface area contributed by atoms with Crippen LogP contribution in [0.1, 0.15) is 40.0 Å². The number of halogens is 1. The van der Waals surface area contributed by atoms with Crippen molar-refractivity contribution >= 4 is 15.9 Å². The first-order chi connectivity index (χ1) is 5.52. The van der Waals surface area contributed by atoms with E-state index >= 15 is 0 Å². The maximum Gasteiger partial charge on any atom is 0.00651 e. The molecule has 0 amide bonds. The van der Waals surface area contributed by atoms with Crippen molar-refractivity contribution in [3.8, 4) is 0 Å². The molecule has 1 heteroatoms. The molecule has 70 valence electrons. The zero-order chi connectivity index (χ0) is 8.98. The molecular weight excluding hydrogens is 212 g/mol. The molecule has 0 heterocycles. The topological polar surface area (TPSA) is 0 Å². The molecule has 0 aliphatic heterocycles. The zero-order valence-electron chi connectivity index (χ0n) is 8.36. The third-order valence-corrected chi connectivity index (χ3v) is 5.94. The Morgan fingerprint density at radius 3 is 2.25 bits per heavy atom. The second-order valence-electron chi connectivity index (χ2n) is 5.46. The number of hydrogen-bond acceptors (Lipinski definition) is 0. The first-order valence-corrected chi connectivity index (χ1v) is 6.20. The molecular formula is C11H19Br. The lowest BCUT2D eigenvalue weighted by Crippen LogP contribution is -2.32. The van der Waals surface area contributed by atoms with E-state index in [1.165, 1.54) is 24.6 Å². The molecule has 0 N–H and O–H groups in total. The summed E-state index contributed by atoms with van der Waals surface area (Å²) >= 11 is 3.66. The summed E-state index contributed by atoms with van der Waals surface area (Å²) < 4.78 is 0. The van der Waals surface area contributed by atoms with Gasteiger partial charge in [0.25, 0.3) is 0 Å². The molecule has 0 radical (unpaired) electrons. The Balaban J connectivity index is 2.33. The average molecular weight is 231 g/mol.